The number of anilines is 1. The first-order valence-corrected chi connectivity index (χ1v) is 10.6. The van der Waals surface area contributed by atoms with Crippen molar-refractivity contribution in [2.45, 2.75) is 38.8 Å². The van der Waals surface area contributed by atoms with Gasteiger partial charge in [0.25, 0.3) is 0 Å². The van der Waals surface area contributed by atoms with Gasteiger partial charge in [-0.05, 0) is 26.7 Å². The molecule has 2 fully saturated rings. The molecule has 0 unspecified atom stereocenters. The van der Waals surface area contributed by atoms with Crippen molar-refractivity contribution in [1.29, 1.82) is 0 Å². The Kier molecular flexibility index (Phi) is 6.60. The van der Waals surface area contributed by atoms with Crippen molar-refractivity contribution in [2.24, 2.45) is 0 Å². The lowest BCUT2D eigenvalue weighted by molar-refractivity contribution is 0.0593. The second kappa shape index (κ2) is 9.53. The van der Waals surface area contributed by atoms with Crippen LogP contribution in [-0.4, -0.2) is 94.3 Å². The molecule has 0 spiro atoms. The van der Waals surface area contributed by atoms with E-state index in [2.05, 4.69) is 60.3 Å². The summed E-state index contributed by atoms with van der Waals surface area (Å²) in [6.07, 6.45) is 5.49. The zero-order valence-corrected chi connectivity index (χ0v) is 17.5. The highest BCUT2D eigenvalue weighted by Gasteiger charge is 2.22. The van der Waals surface area contributed by atoms with E-state index in [9.17, 15) is 0 Å². The highest BCUT2D eigenvalue weighted by atomic mass is 16.5. The SMILES string of the molecule is CC(C)N1CCN(CC#CCOC2CCN(c3ncnc4nc[nH]c34)CC2)CC1. The monoisotopic (exact) mass is 397 g/mol. The molecule has 156 valence electrons. The smallest absolute Gasteiger partial charge is 0.182 e. The number of hydrogen-bond donors (Lipinski definition) is 1. The van der Waals surface area contributed by atoms with Gasteiger partial charge in [0.1, 0.15) is 18.5 Å². The Labute approximate surface area is 172 Å². The number of hydrogen-bond acceptors (Lipinski definition) is 7. The third-order valence-corrected chi connectivity index (χ3v) is 5.90. The van der Waals surface area contributed by atoms with Gasteiger partial charge in [0.15, 0.2) is 11.5 Å². The van der Waals surface area contributed by atoms with Gasteiger partial charge in [-0.1, -0.05) is 11.8 Å². The average Bonchev–Trinajstić information content (AvgIpc) is 3.23. The van der Waals surface area contributed by atoms with Gasteiger partial charge in [-0.15, -0.1) is 0 Å². The molecule has 4 heterocycles. The Morgan fingerprint density at radius 1 is 1.07 bits per heavy atom. The molecular formula is C21H31N7O. The maximum atomic E-state index is 6.00. The normalized spacial score (nSPS) is 19.6. The van der Waals surface area contributed by atoms with Crippen LogP contribution in [0, 0.1) is 11.8 Å². The summed E-state index contributed by atoms with van der Waals surface area (Å²) in [5.74, 6) is 7.42. The van der Waals surface area contributed by atoms with Crippen molar-refractivity contribution in [3.63, 3.8) is 0 Å². The minimum atomic E-state index is 0.272. The van der Waals surface area contributed by atoms with Crippen molar-refractivity contribution in [3.8, 4) is 11.8 Å². The molecule has 0 aromatic carbocycles. The number of nitrogens with zero attached hydrogens (tertiary/aromatic N) is 6. The molecule has 1 N–H and O–H groups in total. The Hall–Kier alpha value is -2.21. The van der Waals surface area contributed by atoms with Gasteiger partial charge in [0.05, 0.1) is 19.0 Å². The van der Waals surface area contributed by atoms with Crippen LogP contribution in [-0.2, 0) is 4.74 Å². The van der Waals surface area contributed by atoms with Crippen molar-refractivity contribution in [2.75, 3.05) is 57.3 Å². The van der Waals surface area contributed by atoms with Gasteiger partial charge in [0, 0.05) is 45.3 Å². The fourth-order valence-electron chi connectivity index (χ4n) is 4.04. The molecular weight excluding hydrogens is 366 g/mol. The molecule has 0 radical (unpaired) electrons. The molecule has 2 saturated heterocycles. The van der Waals surface area contributed by atoms with Crippen molar-refractivity contribution in [3.05, 3.63) is 12.7 Å². The highest BCUT2D eigenvalue weighted by Crippen LogP contribution is 2.24. The fraction of sp³-hybridized carbons (Fsp3) is 0.667. The number of nitrogens with one attached hydrogen (secondary N) is 1. The Balaban J connectivity index is 1.16. The van der Waals surface area contributed by atoms with Gasteiger partial charge in [-0.2, -0.15) is 0 Å². The quantitative estimate of drug-likeness (QED) is 0.764. The summed E-state index contributed by atoms with van der Waals surface area (Å²) in [7, 11) is 0. The van der Waals surface area contributed by atoms with Gasteiger partial charge in [-0.25, -0.2) is 15.0 Å². The molecule has 4 rings (SSSR count). The maximum Gasteiger partial charge on any atom is 0.182 e. The molecule has 8 heteroatoms. The number of imidazole rings is 1. The average molecular weight is 398 g/mol. The van der Waals surface area contributed by atoms with E-state index in [1.807, 2.05) is 0 Å². The van der Waals surface area contributed by atoms with E-state index in [4.69, 9.17) is 4.74 Å². The second-order valence-corrected chi connectivity index (χ2v) is 8.06. The van der Waals surface area contributed by atoms with E-state index in [-0.39, 0.29) is 6.10 Å². The predicted molar refractivity (Wildman–Crippen MR) is 114 cm³/mol. The molecule has 0 atom stereocenters. The topological polar surface area (TPSA) is 73.4 Å². The molecule has 0 bridgehead atoms. The van der Waals surface area contributed by atoms with Crippen LogP contribution in [0.15, 0.2) is 12.7 Å². The molecule has 8 nitrogen and oxygen atoms in total. The van der Waals surface area contributed by atoms with Crippen molar-refractivity contribution in [1.82, 2.24) is 29.7 Å². The van der Waals surface area contributed by atoms with Crippen molar-refractivity contribution < 1.29 is 4.74 Å². The lowest BCUT2D eigenvalue weighted by atomic mass is 10.1. The number of ether oxygens (including phenoxy) is 1. The minimum absolute atomic E-state index is 0.272. The van der Waals surface area contributed by atoms with Crippen molar-refractivity contribution >= 4 is 17.0 Å². The lowest BCUT2D eigenvalue weighted by Gasteiger charge is -2.36. The van der Waals surface area contributed by atoms with Crippen LogP contribution in [0.25, 0.3) is 11.2 Å². The Morgan fingerprint density at radius 3 is 2.62 bits per heavy atom. The van der Waals surface area contributed by atoms with E-state index in [0.29, 0.717) is 18.3 Å². The second-order valence-electron chi connectivity index (χ2n) is 8.06. The van der Waals surface area contributed by atoms with E-state index in [0.717, 1.165) is 70.0 Å². The molecule has 0 saturated carbocycles. The number of rotatable bonds is 5. The number of aromatic nitrogens is 4. The zero-order valence-electron chi connectivity index (χ0n) is 17.5. The fourth-order valence-corrected chi connectivity index (χ4v) is 4.04. The number of piperidine rings is 1. The van der Waals surface area contributed by atoms with Crippen LogP contribution in [0.1, 0.15) is 26.7 Å². The third-order valence-electron chi connectivity index (χ3n) is 5.90. The maximum absolute atomic E-state index is 6.00. The summed E-state index contributed by atoms with van der Waals surface area (Å²) in [4.78, 5) is 23.2. The van der Waals surface area contributed by atoms with E-state index in [1.54, 1.807) is 12.7 Å². The standard InChI is InChI=1S/C21H31N7O/c1-17(2)27-12-10-26(11-13-27)7-3-4-14-29-18-5-8-28(9-6-18)21-19-20(23-15-22-19)24-16-25-21/h15-18H,5-14H2,1-2H3,(H,22,23,24,25). The molecule has 2 aliphatic heterocycles. The summed E-state index contributed by atoms with van der Waals surface area (Å²) in [6, 6.07) is 0.642. The number of fused-ring (bicyclic) bond motifs is 1. The van der Waals surface area contributed by atoms with Crippen LogP contribution >= 0.6 is 0 Å². The van der Waals surface area contributed by atoms with Crippen LogP contribution in [0.4, 0.5) is 5.82 Å². The summed E-state index contributed by atoms with van der Waals surface area (Å²) in [5, 5.41) is 0. The largest absolute Gasteiger partial charge is 0.365 e. The first-order valence-electron chi connectivity index (χ1n) is 10.6. The van der Waals surface area contributed by atoms with E-state index >= 15 is 0 Å². The molecule has 2 aromatic heterocycles. The lowest BCUT2D eigenvalue weighted by Crippen LogP contribution is -2.48. The van der Waals surface area contributed by atoms with E-state index in [1.165, 1.54) is 0 Å². The highest BCUT2D eigenvalue weighted by molar-refractivity contribution is 5.82. The number of piperazine rings is 1. The van der Waals surface area contributed by atoms with Crippen LogP contribution in [0.3, 0.4) is 0 Å². The first-order chi connectivity index (χ1) is 14.2. The summed E-state index contributed by atoms with van der Waals surface area (Å²) < 4.78 is 6.00. The van der Waals surface area contributed by atoms with Gasteiger partial charge < -0.3 is 14.6 Å². The predicted octanol–water partition coefficient (Wildman–Crippen LogP) is 1.37. The van der Waals surface area contributed by atoms with Gasteiger partial charge >= 0.3 is 0 Å². The summed E-state index contributed by atoms with van der Waals surface area (Å²) in [5.41, 5.74) is 1.63. The van der Waals surface area contributed by atoms with E-state index < -0.39 is 0 Å². The summed E-state index contributed by atoms with van der Waals surface area (Å²) in [6.45, 7) is 12.3. The Bertz CT molecular complexity index is 839. The Morgan fingerprint density at radius 2 is 1.86 bits per heavy atom. The van der Waals surface area contributed by atoms with Crippen LogP contribution < -0.4 is 4.90 Å². The van der Waals surface area contributed by atoms with Crippen LogP contribution in [0.5, 0.6) is 0 Å². The molecule has 0 aliphatic carbocycles. The molecule has 0 amide bonds. The zero-order chi connectivity index (χ0) is 20.1. The van der Waals surface area contributed by atoms with Gasteiger partial charge in [0.2, 0.25) is 0 Å². The van der Waals surface area contributed by atoms with Crippen LogP contribution in [0.2, 0.25) is 0 Å². The number of aromatic amines is 1. The molecule has 29 heavy (non-hydrogen) atoms. The first kappa shape index (κ1) is 20.1. The third kappa shape index (κ3) is 5.04. The molecule has 2 aliphatic rings. The minimum Gasteiger partial charge on any atom is -0.365 e. The summed E-state index contributed by atoms with van der Waals surface area (Å²) >= 11 is 0. The molecule has 2 aromatic rings. The number of H-pyrrole nitrogens is 1. The van der Waals surface area contributed by atoms with Gasteiger partial charge in [-0.3, -0.25) is 9.80 Å².